The standard InChI is InChI=1S/C26H24ClFN4O2/c27-23-16-30-25-14-24(28)19(13-22(23)25)15-31-26(33)18-4-5-29-20(12-18)10-17-2-1-3-21(11-17)32-6-8-34-9-7-32/h1-5,11-14,16,30H,6-10,15H2,(H,31,33). The van der Waals surface area contributed by atoms with E-state index in [-0.39, 0.29) is 12.5 Å². The number of carbonyl (C=O) groups is 1. The summed E-state index contributed by atoms with van der Waals surface area (Å²) in [5.74, 6) is -0.688. The summed E-state index contributed by atoms with van der Waals surface area (Å²) >= 11 is 6.14. The van der Waals surface area contributed by atoms with Gasteiger partial charge < -0.3 is 19.9 Å². The SMILES string of the molecule is O=C(NCc1cc2c(Cl)c[nH]c2cc1F)c1ccnc(Cc2cccc(N3CCOCC3)c2)c1. The maximum Gasteiger partial charge on any atom is 0.251 e. The fourth-order valence-electron chi connectivity index (χ4n) is 4.18. The Bertz CT molecular complexity index is 1330. The second-order valence-electron chi connectivity index (χ2n) is 8.29. The first-order valence-corrected chi connectivity index (χ1v) is 11.5. The molecule has 1 saturated heterocycles. The largest absolute Gasteiger partial charge is 0.378 e. The van der Waals surface area contributed by atoms with Gasteiger partial charge in [-0.3, -0.25) is 9.78 Å². The van der Waals surface area contributed by atoms with Crippen LogP contribution in [0.4, 0.5) is 10.1 Å². The smallest absolute Gasteiger partial charge is 0.251 e. The molecule has 8 heteroatoms. The average Bonchev–Trinajstić information content (AvgIpc) is 3.22. The van der Waals surface area contributed by atoms with Gasteiger partial charge in [-0.15, -0.1) is 0 Å². The highest BCUT2D eigenvalue weighted by atomic mass is 35.5. The number of H-pyrrole nitrogens is 1. The van der Waals surface area contributed by atoms with Gasteiger partial charge in [-0.25, -0.2) is 4.39 Å². The predicted molar refractivity (Wildman–Crippen MR) is 131 cm³/mol. The van der Waals surface area contributed by atoms with Crippen molar-refractivity contribution in [3.63, 3.8) is 0 Å². The molecule has 0 atom stereocenters. The summed E-state index contributed by atoms with van der Waals surface area (Å²) in [7, 11) is 0. The minimum Gasteiger partial charge on any atom is -0.378 e. The van der Waals surface area contributed by atoms with E-state index in [0.717, 1.165) is 48.6 Å². The molecule has 0 aliphatic carbocycles. The molecular weight excluding hydrogens is 455 g/mol. The van der Waals surface area contributed by atoms with Gasteiger partial charge in [0, 0.05) is 71.9 Å². The number of ether oxygens (including phenoxy) is 1. The Hall–Kier alpha value is -3.42. The molecule has 0 bridgehead atoms. The first kappa shape index (κ1) is 22.4. The van der Waals surface area contributed by atoms with Crippen LogP contribution < -0.4 is 10.2 Å². The van der Waals surface area contributed by atoms with Crippen LogP contribution in [0, 0.1) is 5.82 Å². The zero-order chi connectivity index (χ0) is 23.5. The number of amides is 1. The van der Waals surface area contributed by atoms with Crippen LogP contribution in [0.2, 0.25) is 5.02 Å². The number of hydrogen-bond donors (Lipinski definition) is 2. The molecule has 1 aliphatic heterocycles. The summed E-state index contributed by atoms with van der Waals surface area (Å²) in [6.45, 7) is 3.28. The maximum absolute atomic E-state index is 14.4. The highest BCUT2D eigenvalue weighted by Gasteiger charge is 2.14. The van der Waals surface area contributed by atoms with E-state index in [2.05, 4.69) is 38.4 Å². The maximum atomic E-state index is 14.4. The number of hydrogen-bond acceptors (Lipinski definition) is 4. The molecule has 1 fully saturated rings. The number of benzene rings is 2. The van der Waals surface area contributed by atoms with Gasteiger partial charge in [0.1, 0.15) is 5.82 Å². The number of aromatic nitrogens is 2. The quantitative estimate of drug-likeness (QED) is 0.421. The first-order valence-electron chi connectivity index (χ1n) is 11.2. The number of rotatable bonds is 6. The third-order valence-electron chi connectivity index (χ3n) is 5.99. The molecule has 4 aromatic rings. The topological polar surface area (TPSA) is 70.2 Å². The first-order chi connectivity index (χ1) is 16.6. The summed E-state index contributed by atoms with van der Waals surface area (Å²) < 4.78 is 19.9. The molecule has 6 nitrogen and oxygen atoms in total. The Morgan fingerprint density at radius 1 is 1.18 bits per heavy atom. The lowest BCUT2D eigenvalue weighted by Gasteiger charge is -2.29. The monoisotopic (exact) mass is 478 g/mol. The molecule has 0 radical (unpaired) electrons. The third kappa shape index (κ3) is 4.90. The zero-order valence-electron chi connectivity index (χ0n) is 18.5. The van der Waals surface area contributed by atoms with Crippen molar-refractivity contribution < 1.29 is 13.9 Å². The Morgan fingerprint density at radius 2 is 2.03 bits per heavy atom. The van der Waals surface area contributed by atoms with Crippen molar-refractivity contribution in [2.24, 2.45) is 0 Å². The lowest BCUT2D eigenvalue weighted by Crippen LogP contribution is -2.36. The number of nitrogens with one attached hydrogen (secondary N) is 2. The minimum absolute atomic E-state index is 0.0569. The number of morpholine rings is 1. The highest BCUT2D eigenvalue weighted by Crippen LogP contribution is 2.26. The average molecular weight is 479 g/mol. The van der Waals surface area contributed by atoms with E-state index in [1.807, 2.05) is 6.07 Å². The van der Waals surface area contributed by atoms with Crippen LogP contribution in [-0.2, 0) is 17.7 Å². The van der Waals surface area contributed by atoms with Crippen LogP contribution in [0.3, 0.4) is 0 Å². The lowest BCUT2D eigenvalue weighted by atomic mass is 10.1. The molecule has 2 aromatic carbocycles. The summed E-state index contributed by atoms with van der Waals surface area (Å²) in [6.07, 6.45) is 3.85. The van der Waals surface area contributed by atoms with Crippen LogP contribution in [-0.4, -0.2) is 42.2 Å². The Balaban J connectivity index is 1.26. The number of halogens is 2. The number of aromatic amines is 1. The number of carbonyl (C=O) groups excluding carboxylic acids is 1. The van der Waals surface area contributed by atoms with Gasteiger partial charge in [0.05, 0.1) is 18.2 Å². The Labute approximate surface area is 201 Å². The van der Waals surface area contributed by atoms with Gasteiger partial charge in [0.15, 0.2) is 0 Å². The van der Waals surface area contributed by atoms with Gasteiger partial charge in [-0.2, -0.15) is 0 Å². The van der Waals surface area contributed by atoms with Gasteiger partial charge >= 0.3 is 0 Å². The van der Waals surface area contributed by atoms with Crippen LogP contribution in [0.25, 0.3) is 10.9 Å². The predicted octanol–water partition coefficient (Wildman–Crippen LogP) is 4.71. The van der Waals surface area contributed by atoms with Crippen molar-refractivity contribution in [1.29, 1.82) is 0 Å². The second kappa shape index (κ2) is 9.83. The van der Waals surface area contributed by atoms with Crippen LogP contribution >= 0.6 is 11.6 Å². The molecular formula is C26H24ClFN4O2. The van der Waals surface area contributed by atoms with Crippen molar-refractivity contribution in [3.05, 3.63) is 94.1 Å². The highest BCUT2D eigenvalue weighted by molar-refractivity contribution is 6.35. The van der Waals surface area contributed by atoms with Gasteiger partial charge in [-0.1, -0.05) is 23.7 Å². The van der Waals surface area contributed by atoms with Crippen LogP contribution in [0.5, 0.6) is 0 Å². The number of anilines is 1. The molecule has 34 heavy (non-hydrogen) atoms. The van der Waals surface area contributed by atoms with E-state index < -0.39 is 5.82 Å². The Kier molecular flexibility index (Phi) is 6.47. The van der Waals surface area contributed by atoms with Gasteiger partial charge in [0.25, 0.3) is 5.91 Å². The molecule has 2 aromatic heterocycles. The van der Waals surface area contributed by atoms with E-state index >= 15 is 0 Å². The van der Waals surface area contributed by atoms with E-state index in [0.29, 0.717) is 28.1 Å². The molecule has 2 N–H and O–H groups in total. The zero-order valence-corrected chi connectivity index (χ0v) is 19.2. The normalized spacial score (nSPS) is 13.9. The van der Waals surface area contributed by atoms with E-state index in [4.69, 9.17) is 16.3 Å². The number of fused-ring (bicyclic) bond motifs is 1. The fourth-order valence-corrected chi connectivity index (χ4v) is 4.39. The summed E-state index contributed by atoms with van der Waals surface area (Å²) in [6, 6.07) is 14.8. The molecule has 1 aliphatic rings. The molecule has 0 unspecified atom stereocenters. The van der Waals surface area contributed by atoms with E-state index in [1.165, 1.54) is 6.07 Å². The second-order valence-corrected chi connectivity index (χ2v) is 8.70. The number of pyridine rings is 1. The molecule has 5 rings (SSSR count). The Morgan fingerprint density at radius 3 is 2.88 bits per heavy atom. The van der Waals surface area contributed by atoms with Crippen LogP contribution in [0.15, 0.2) is 60.9 Å². The minimum atomic E-state index is -0.401. The molecule has 0 saturated carbocycles. The van der Waals surface area contributed by atoms with Gasteiger partial charge in [-0.05, 0) is 42.0 Å². The molecule has 0 spiro atoms. The summed E-state index contributed by atoms with van der Waals surface area (Å²) in [5, 5.41) is 4.03. The van der Waals surface area contributed by atoms with Crippen molar-refractivity contribution >= 4 is 34.1 Å². The van der Waals surface area contributed by atoms with Gasteiger partial charge in [0.2, 0.25) is 0 Å². The molecule has 1 amide bonds. The van der Waals surface area contributed by atoms with Crippen molar-refractivity contribution in [2.75, 3.05) is 31.2 Å². The summed E-state index contributed by atoms with van der Waals surface area (Å²) in [4.78, 5) is 22.4. The summed E-state index contributed by atoms with van der Waals surface area (Å²) in [5.41, 5.74) is 4.55. The van der Waals surface area contributed by atoms with Crippen molar-refractivity contribution in [2.45, 2.75) is 13.0 Å². The fraction of sp³-hybridized carbons (Fsp3) is 0.231. The van der Waals surface area contributed by atoms with Crippen molar-refractivity contribution in [3.8, 4) is 0 Å². The van der Waals surface area contributed by atoms with E-state index in [1.54, 1.807) is 30.6 Å². The lowest BCUT2D eigenvalue weighted by molar-refractivity contribution is 0.0950. The van der Waals surface area contributed by atoms with Crippen molar-refractivity contribution in [1.82, 2.24) is 15.3 Å². The van der Waals surface area contributed by atoms with E-state index in [9.17, 15) is 9.18 Å². The third-order valence-corrected chi connectivity index (χ3v) is 6.30. The number of nitrogens with zero attached hydrogens (tertiary/aromatic N) is 2. The molecule has 3 heterocycles. The molecule has 174 valence electrons. The van der Waals surface area contributed by atoms with Crippen LogP contribution in [0.1, 0.15) is 27.2 Å².